The first-order chi connectivity index (χ1) is 12.9. The molecule has 1 atom stereocenters. The molecule has 27 heavy (non-hydrogen) atoms. The van der Waals surface area contributed by atoms with Crippen molar-refractivity contribution in [2.75, 3.05) is 13.1 Å². The van der Waals surface area contributed by atoms with Crippen LogP contribution in [0.3, 0.4) is 0 Å². The van der Waals surface area contributed by atoms with Gasteiger partial charge in [0, 0.05) is 30.8 Å². The number of fused-ring (bicyclic) bond motifs is 1. The molecule has 1 fully saturated rings. The number of halogens is 3. The fraction of sp³-hybridized carbons (Fsp3) is 0.350. The average molecular weight is 377 g/mol. The quantitative estimate of drug-likeness (QED) is 0.808. The van der Waals surface area contributed by atoms with E-state index in [-0.39, 0.29) is 24.1 Å². The van der Waals surface area contributed by atoms with Crippen molar-refractivity contribution in [2.45, 2.75) is 25.5 Å². The molecule has 1 unspecified atom stereocenters. The Hall–Kier alpha value is -2.54. The molecule has 1 aliphatic heterocycles. The summed E-state index contributed by atoms with van der Waals surface area (Å²) in [6, 6.07) is 7.12. The van der Waals surface area contributed by atoms with Crippen LogP contribution in [0.15, 0.2) is 30.3 Å². The molecular formula is C20H18F3NO3. The van der Waals surface area contributed by atoms with Crippen LogP contribution in [0.5, 0.6) is 5.75 Å². The van der Waals surface area contributed by atoms with Crippen molar-refractivity contribution in [3.05, 3.63) is 64.5 Å². The van der Waals surface area contributed by atoms with Gasteiger partial charge in [-0.25, -0.2) is 13.2 Å². The highest BCUT2D eigenvalue weighted by Crippen LogP contribution is 2.40. The zero-order valence-electron chi connectivity index (χ0n) is 14.4. The summed E-state index contributed by atoms with van der Waals surface area (Å²) in [7, 11) is 0. The summed E-state index contributed by atoms with van der Waals surface area (Å²) in [4.78, 5) is 13.1. The Morgan fingerprint density at radius 3 is 2.59 bits per heavy atom. The minimum Gasteiger partial charge on any atom is -0.489 e. The van der Waals surface area contributed by atoms with Crippen molar-refractivity contribution in [3.63, 3.8) is 0 Å². The Bertz CT molecular complexity index is 896. The van der Waals surface area contributed by atoms with E-state index in [1.165, 1.54) is 0 Å². The molecule has 0 radical (unpaired) electrons. The summed E-state index contributed by atoms with van der Waals surface area (Å²) in [5.41, 5.74) is 2.22. The molecule has 142 valence electrons. The maximum Gasteiger partial charge on any atom is 0.309 e. The van der Waals surface area contributed by atoms with Crippen molar-refractivity contribution >= 4 is 5.97 Å². The third kappa shape index (κ3) is 3.39. The molecule has 0 saturated carbocycles. The van der Waals surface area contributed by atoms with E-state index in [1.54, 1.807) is 6.07 Å². The van der Waals surface area contributed by atoms with Crippen molar-refractivity contribution in [1.29, 1.82) is 0 Å². The van der Waals surface area contributed by atoms with E-state index < -0.39 is 23.4 Å². The maximum atomic E-state index is 13.7. The van der Waals surface area contributed by atoms with Crippen molar-refractivity contribution in [2.24, 2.45) is 5.92 Å². The van der Waals surface area contributed by atoms with Gasteiger partial charge in [0.05, 0.1) is 5.92 Å². The smallest absolute Gasteiger partial charge is 0.309 e. The van der Waals surface area contributed by atoms with Crippen LogP contribution in [0.4, 0.5) is 13.2 Å². The fourth-order valence-corrected chi connectivity index (χ4v) is 3.80. The molecule has 2 aromatic carbocycles. The van der Waals surface area contributed by atoms with Gasteiger partial charge in [-0.15, -0.1) is 0 Å². The van der Waals surface area contributed by atoms with Gasteiger partial charge < -0.3 is 9.84 Å². The van der Waals surface area contributed by atoms with Crippen LogP contribution in [-0.4, -0.2) is 29.1 Å². The molecule has 0 spiro atoms. The number of nitrogens with zero attached hydrogens (tertiary/aromatic N) is 1. The largest absolute Gasteiger partial charge is 0.489 e. The lowest BCUT2D eigenvalue weighted by Crippen LogP contribution is -2.51. The van der Waals surface area contributed by atoms with Crippen LogP contribution >= 0.6 is 0 Å². The molecule has 1 aliphatic carbocycles. The van der Waals surface area contributed by atoms with Gasteiger partial charge in [-0.3, -0.25) is 9.69 Å². The molecule has 1 N–H and O–H groups in total. The number of ether oxygens (including phenoxy) is 1. The summed E-state index contributed by atoms with van der Waals surface area (Å²) >= 11 is 0. The lowest BCUT2D eigenvalue weighted by molar-refractivity contribution is -0.148. The highest BCUT2D eigenvalue weighted by Gasteiger charge is 2.39. The van der Waals surface area contributed by atoms with Crippen LogP contribution in [0.2, 0.25) is 0 Å². The third-order valence-electron chi connectivity index (χ3n) is 5.34. The molecule has 7 heteroatoms. The van der Waals surface area contributed by atoms with E-state index in [4.69, 9.17) is 9.84 Å². The standard InChI is InChI=1S/C20H18F3NO3/c21-16-7-18(23)17(22)6-12(16)10-27-14-2-3-15-11(5-14)1-4-19(15)24-8-13(9-24)20(25)26/h2-3,5-7,13,19H,1,4,8-10H2,(H,25,26). The maximum absolute atomic E-state index is 13.7. The second-order valence-corrected chi connectivity index (χ2v) is 7.05. The summed E-state index contributed by atoms with van der Waals surface area (Å²) in [6.07, 6.45) is 1.77. The first-order valence-electron chi connectivity index (χ1n) is 8.78. The van der Waals surface area contributed by atoms with Gasteiger partial charge in [0.2, 0.25) is 0 Å². The summed E-state index contributed by atoms with van der Waals surface area (Å²) < 4.78 is 45.5. The van der Waals surface area contributed by atoms with Gasteiger partial charge in [-0.1, -0.05) is 6.07 Å². The van der Waals surface area contributed by atoms with Crippen LogP contribution in [0, 0.1) is 23.4 Å². The van der Waals surface area contributed by atoms with E-state index in [0.717, 1.165) is 30.0 Å². The fourth-order valence-electron chi connectivity index (χ4n) is 3.80. The molecule has 2 aliphatic rings. The highest BCUT2D eigenvalue weighted by molar-refractivity contribution is 5.71. The van der Waals surface area contributed by atoms with Crippen molar-refractivity contribution in [1.82, 2.24) is 4.90 Å². The van der Waals surface area contributed by atoms with E-state index in [2.05, 4.69) is 4.90 Å². The van der Waals surface area contributed by atoms with Crippen LogP contribution in [-0.2, 0) is 17.8 Å². The van der Waals surface area contributed by atoms with E-state index in [9.17, 15) is 18.0 Å². The number of carbonyl (C=O) groups is 1. The zero-order chi connectivity index (χ0) is 19.1. The van der Waals surface area contributed by atoms with Crippen molar-refractivity contribution in [3.8, 4) is 5.75 Å². The minimum atomic E-state index is -1.23. The average Bonchev–Trinajstić information content (AvgIpc) is 2.98. The summed E-state index contributed by atoms with van der Waals surface area (Å²) in [6.45, 7) is 0.928. The number of rotatable bonds is 5. The van der Waals surface area contributed by atoms with E-state index in [1.807, 2.05) is 12.1 Å². The second-order valence-electron chi connectivity index (χ2n) is 7.05. The van der Waals surface area contributed by atoms with Crippen LogP contribution in [0.25, 0.3) is 0 Å². The molecule has 0 bridgehead atoms. The molecule has 1 heterocycles. The minimum absolute atomic E-state index is 0.0485. The predicted molar refractivity (Wildman–Crippen MR) is 90.9 cm³/mol. The van der Waals surface area contributed by atoms with Crippen molar-refractivity contribution < 1.29 is 27.8 Å². The number of benzene rings is 2. The number of hydrogen-bond acceptors (Lipinski definition) is 3. The molecule has 4 nitrogen and oxygen atoms in total. The lowest BCUT2D eigenvalue weighted by Gasteiger charge is -2.41. The Kier molecular flexibility index (Phi) is 4.55. The third-order valence-corrected chi connectivity index (χ3v) is 5.34. The number of hydrogen-bond donors (Lipinski definition) is 1. The van der Waals surface area contributed by atoms with Gasteiger partial charge in [-0.2, -0.15) is 0 Å². The number of likely N-dealkylation sites (tertiary alicyclic amines) is 1. The Labute approximate surface area is 154 Å². The number of carboxylic acids is 1. The number of aliphatic carboxylic acids is 1. The lowest BCUT2D eigenvalue weighted by atomic mass is 9.95. The zero-order valence-corrected chi connectivity index (χ0v) is 14.4. The molecule has 1 saturated heterocycles. The Morgan fingerprint density at radius 2 is 1.85 bits per heavy atom. The van der Waals surface area contributed by atoms with Crippen LogP contribution in [0.1, 0.15) is 29.2 Å². The summed E-state index contributed by atoms with van der Waals surface area (Å²) in [5, 5.41) is 9.02. The predicted octanol–water partition coefficient (Wildman–Crippen LogP) is 3.69. The van der Waals surface area contributed by atoms with E-state index in [0.29, 0.717) is 24.9 Å². The van der Waals surface area contributed by atoms with Gasteiger partial charge in [0.25, 0.3) is 0 Å². The monoisotopic (exact) mass is 377 g/mol. The number of aryl methyl sites for hydroxylation is 1. The molecule has 2 aromatic rings. The highest BCUT2D eigenvalue weighted by atomic mass is 19.2. The Morgan fingerprint density at radius 1 is 1.11 bits per heavy atom. The molecule has 0 amide bonds. The summed E-state index contributed by atoms with van der Waals surface area (Å²) in [5.74, 6) is -3.69. The topological polar surface area (TPSA) is 49.8 Å². The first kappa shape index (κ1) is 17.9. The molecular weight excluding hydrogens is 359 g/mol. The number of carboxylic acid groups (broad SMARTS) is 1. The van der Waals surface area contributed by atoms with E-state index >= 15 is 0 Å². The van der Waals surface area contributed by atoms with Gasteiger partial charge in [0.15, 0.2) is 11.6 Å². The van der Waals surface area contributed by atoms with Crippen LogP contribution < -0.4 is 4.74 Å². The normalized spacial score (nSPS) is 19.6. The van der Waals surface area contributed by atoms with Gasteiger partial charge in [0.1, 0.15) is 18.2 Å². The second kappa shape index (κ2) is 6.88. The van der Waals surface area contributed by atoms with Gasteiger partial charge in [-0.05, 0) is 42.2 Å². The molecule has 0 aromatic heterocycles. The Balaban J connectivity index is 1.42. The molecule has 4 rings (SSSR count). The van der Waals surface area contributed by atoms with Gasteiger partial charge >= 0.3 is 5.97 Å². The SMILES string of the molecule is O=C(O)C1CN(C2CCc3cc(OCc4cc(F)c(F)cc4F)ccc32)C1. The first-order valence-corrected chi connectivity index (χ1v) is 8.78.